The fourth-order valence-electron chi connectivity index (χ4n) is 2.49. The van der Waals surface area contributed by atoms with E-state index in [0.29, 0.717) is 24.3 Å². The Hall–Kier alpha value is -0.260. The largest absolute Gasteiger partial charge is 0.351 e. The van der Waals surface area contributed by atoms with E-state index in [2.05, 4.69) is 24.1 Å². The number of thioether (sulfide) groups is 1. The van der Waals surface area contributed by atoms with Gasteiger partial charge in [0.2, 0.25) is 5.91 Å². The number of carbonyl (C=O) groups is 1. The highest BCUT2D eigenvalue weighted by atomic mass is 32.2. The summed E-state index contributed by atoms with van der Waals surface area (Å²) in [6.07, 6.45) is 0.496. The van der Waals surface area contributed by atoms with Crippen molar-refractivity contribution in [1.29, 1.82) is 0 Å². The summed E-state index contributed by atoms with van der Waals surface area (Å²) in [5, 5.41) is 3.63. The van der Waals surface area contributed by atoms with Gasteiger partial charge in [0.05, 0.1) is 0 Å². The second kappa shape index (κ2) is 6.95. The molecule has 1 amide bonds. The Labute approximate surface area is 121 Å². The summed E-state index contributed by atoms with van der Waals surface area (Å²) < 4.78 is 0. The summed E-state index contributed by atoms with van der Waals surface area (Å²) >= 11 is 2.00. The highest BCUT2D eigenvalue weighted by molar-refractivity contribution is 8.00. The lowest BCUT2D eigenvalue weighted by atomic mass is 10.0. The predicted octanol–water partition coefficient (Wildman–Crippen LogP) is 1.44. The van der Waals surface area contributed by atoms with Gasteiger partial charge in [0.1, 0.15) is 0 Å². The van der Waals surface area contributed by atoms with E-state index >= 15 is 0 Å². The van der Waals surface area contributed by atoms with E-state index in [1.807, 2.05) is 32.5 Å². The molecular weight excluding hydrogens is 258 g/mol. The van der Waals surface area contributed by atoms with Crippen LogP contribution in [0.5, 0.6) is 0 Å². The fourth-order valence-corrected chi connectivity index (χ4v) is 3.61. The van der Waals surface area contributed by atoms with E-state index in [1.165, 1.54) is 0 Å². The van der Waals surface area contributed by atoms with Crippen LogP contribution in [0.4, 0.5) is 0 Å². The monoisotopic (exact) mass is 287 g/mol. The second-order valence-electron chi connectivity index (χ2n) is 6.45. The zero-order valence-corrected chi connectivity index (χ0v) is 13.7. The second-order valence-corrected chi connectivity index (χ2v) is 7.93. The number of carbonyl (C=O) groups excluding carboxylic acids is 1. The molecule has 19 heavy (non-hydrogen) atoms. The molecule has 1 heterocycles. The number of nitrogens with one attached hydrogen (secondary N) is 1. The van der Waals surface area contributed by atoms with Crippen molar-refractivity contribution in [2.24, 2.45) is 5.73 Å². The molecule has 0 radical (unpaired) electrons. The summed E-state index contributed by atoms with van der Waals surface area (Å²) in [5.74, 6) is 1.23. The Balaban J connectivity index is 2.60. The van der Waals surface area contributed by atoms with Crippen LogP contribution in [-0.2, 0) is 4.79 Å². The minimum atomic E-state index is -0.174. The molecule has 112 valence electrons. The normalized spacial score (nSPS) is 27.1. The van der Waals surface area contributed by atoms with Crippen LogP contribution in [-0.4, -0.2) is 52.5 Å². The number of nitrogens with two attached hydrogens (primary N) is 1. The van der Waals surface area contributed by atoms with Gasteiger partial charge in [0, 0.05) is 48.1 Å². The van der Waals surface area contributed by atoms with Crippen LogP contribution in [0.25, 0.3) is 0 Å². The molecule has 1 aliphatic heterocycles. The SMILES string of the molecule is CC1SCCN(C(CN)CC(=O)NC(C)(C)C)C1C. The Kier molecular flexibility index (Phi) is 6.15. The summed E-state index contributed by atoms with van der Waals surface area (Å²) in [7, 11) is 0. The molecule has 0 bridgehead atoms. The van der Waals surface area contributed by atoms with Crippen LogP contribution in [0.1, 0.15) is 41.0 Å². The van der Waals surface area contributed by atoms with E-state index in [1.54, 1.807) is 0 Å². The van der Waals surface area contributed by atoms with Gasteiger partial charge in [-0.15, -0.1) is 0 Å². The minimum Gasteiger partial charge on any atom is -0.351 e. The molecular formula is C14H29N3OS. The number of amides is 1. The molecule has 0 spiro atoms. The summed E-state index contributed by atoms with van der Waals surface area (Å²) in [6, 6.07) is 0.635. The van der Waals surface area contributed by atoms with Gasteiger partial charge in [-0.05, 0) is 27.7 Å². The Morgan fingerprint density at radius 3 is 2.63 bits per heavy atom. The van der Waals surface area contributed by atoms with Crippen molar-refractivity contribution in [3.63, 3.8) is 0 Å². The zero-order chi connectivity index (χ0) is 14.6. The van der Waals surface area contributed by atoms with Crippen LogP contribution >= 0.6 is 11.8 Å². The lowest BCUT2D eigenvalue weighted by Crippen LogP contribution is -2.54. The van der Waals surface area contributed by atoms with Crippen molar-refractivity contribution in [1.82, 2.24) is 10.2 Å². The van der Waals surface area contributed by atoms with Crippen molar-refractivity contribution in [2.45, 2.75) is 63.9 Å². The molecule has 1 rings (SSSR count). The van der Waals surface area contributed by atoms with Gasteiger partial charge in [-0.1, -0.05) is 6.92 Å². The standard InChI is InChI=1S/C14H29N3OS/c1-10-11(2)19-7-6-17(10)12(9-15)8-13(18)16-14(3,4)5/h10-12H,6-9,15H2,1-5H3,(H,16,18). The molecule has 0 aromatic carbocycles. The van der Waals surface area contributed by atoms with E-state index < -0.39 is 0 Å². The van der Waals surface area contributed by atoms with Crippen LogP contribution in [0.3, 0.4) is 0 Å². The third-order valence-corrected chi connectivity index (χ3v) is 4.95. The zero-order valence-electron chi connectivity index (χ0n) is 12.9. The average Bonchev–Trinajstić information content (AvgIpc) is 2.27. The lowest BCUT2D eigenvalue weighted by Gasteiger charge is -2.42. The van der Waals surface area contributed by atoms with Gasteiger partial charge in [-0.3, -0.25) is 9.69 Å². The topological polar surface area (TPSA) is 58.4 Å². The molecule has 3 atom stereocenters. The first-order chi connectivity index (χ1) is 8.74. The first-order valence-corrected chi connectivity index (χ1v) is 8.18. The highest BCUT2D eigenvalue weighted by Crippen LogP contribution is 2.26. The lowest BCUT2D eigenvalue weighted by molar-refractivity contribution is -0.123. The first-order valence-electron chi connectivity index (χ1n) is 7.13. The summed E-state index contributed by atoms with van der Waals surface area (Å²) in [4.78, 5) is 14.5. The van der Waals surface area contributed by atoms with Crippen molar-refractivity contribution >= 4 is 17.7 Å². The highest BCUT2D eigenvalue weighted by Gasteiger charge is 2.31. The van der Waals surface area contributed by atoms with E-state index in [9.17, 15) is 4.79 Å². The molecule has 5 heteroatoms. The Bertz CT molecular complexity index is 304. The average molecular weight is 287 g/mol. The molecule has 1 saturated heterocycles. The predicted molar refractivity (Wildman–Crippen MR) is 83.4 cm³/mol. The van der Waals surface area contributed by atoms with Crippen molar-refractivity contribution in [3.05, 3.63) is 0 Å². The van der Waals surface area contributed by atoms with E-state index in [-0.39, 0.29) is 17.5 Å². The van der Waals surface area contributed by atoms with E-state index in [0.717, 1.165) is 12.3 Å². The smallest absolute Gasteiger partial charge is 0.222 e. The minimum absolute atomic E-state index is 0.0982. The number of hydrogen-bond acceptors (Lipinski definition) is 4. The molecule has 0 aliphatic carbocycles. The maximum atomic E-state index is 12.1. The molecule has 1 fully saturated rings. The molecule has 1 aliphatic rings. The Morgan fingerprint density at radius 2 is 2.11 bits per heavy atom. The van der Waals surface area contributed by atoms with Crippen LogP contribution < -0.4 is 11.1 Å². The number of rotatable bonds is 4. The number of nitrogens with zero attached hydrogens (tertiary/aromatic N) is 1. The third-order valence-electron chi connectivity index (χ3n) is 3.61. The van der Waals surface area contributed by atoms with Gasteiger partial charge in [-0.2, -0.15) is 11.8 Å². The summed E-state index contributed by atoms with van der Waals surface area (Å²) in [5.41, 5.74) is 5.72. The molecule has 4 nitrogen and oxygen atoms in total. The quantitative estimate of drug-likeness (QED) is 0.821. The molecule has 3 N–H and O–H groups in total. The molecule has 0 saturated carbocycles. The number of hydrogen-bond donors (Lipinski definition) is 2. The maximum absolute atomic E-state index is 12.1. The molecule has 0 aromatic rings. The first kappa shape index (κ1) is 16.8. The van der Waals surface area contributed by atoms with Crippen LogP contribution in [0.15, 0.2) is 0 Å². The van der Waals surface area contributed by atoms with Crippen molar-refractivity contribution < 1.29 is 4.79 Å². The Morgan fingerprint density at radius 1 is 1.47 bits per heavy atom. The van der Waals surface area contributed by atoms with E-state index in [4.69, 9.17) is 5.73 Å². The molecule has 3 unspecified atom stereocenters. The van der Waals surface area contributed by atoms with Gasteiger partial charge in [0.25, 0.3) is 0 Å². The van der Waals surface area contributed by atoms with Gasteiger partial charge in [0.15, 0.2) is 0 Å². The van der Waals surface area contributed by atoms with Gasteiger partial charge in [-0.25, -0.2) is 0 Å². The van der Waals surface area contributed by atoms with Gasteiger partial charge >= 0.3 is 0 Å². The fraction of sp³-hybridized carbons (Fsp3) is 0.929. The van der Waals surface area contributed by atoms with Crippen molar-refractivity contribution in [3.8, 4) is 0 Å². The summed E-state index contributed by atoms with van der Waals surface area (Å²) in [6.45, 7) is 12.1. The van der Waals surface area contributed by atoms with Gasteiger partial charge < -0.3 is 11.1 Å². The van der Waals surface area contributed by atoms with Crippen LogP contribution in [0, 0.1) is 0 Å². The third kappa shape index (κ3) is 5.32. The van der Waals surface area contributed by atoms with Crippen molar-refractivity contribution in [2.75, 3.05) is 18.8 Å². The van der Waals surface area contributed by atoms with Crippen LogP contribution in [0.2, 0.25) is 0 Å². The maximum Gasteiger partial charge on any atom is 0.222 e. The molecule has 0 aromatic heterocycles.